The molecule has 3 rings (SSSR count). The number of aliphatic hydroxyl groups is 1. The lowest BCUT2D eigenvalue weighted by molar-refractivity contribution is 0.102. The summed E-state index contributed by atoms with van der Waals surface area (Å²) in [7, 11) is 0. The first-order valence-electron chi connectivity index (χ1n) is 8.05. The first kappa shape index (κ1) is 16.9. The van der Waals surface area contributed by atoms with E-state index < -0.39 is 0 Å². The van der Waals surface area contributed by atoms with Crippen LogP contribution in [-0.2, 0) is 13.2 Å². The van der Waals surface area contributed by atoms with Crippen LogP contribution in [0, 0.1) is 13.8 Å². The number of benzene rings is 2. The number of nitrogens with zero attached hydrogens (tertiary/aromatic N) is 3. The van der Waals surface area contributed by atoms with Crippen molar-refractivity contribution >= 4 is 11.6 Å². The van der Waals surface area contributed by atoms with E-state index in [1.165, 1.54) is 0 Å². The number of rotatable bonds is 5. The van der Waals surface area contributed by atoms with Gasteiger partial charge in [0.15, 0.2) is 5.69 Å². The van der Waals surface area contributed by atoms with E-state index >= 15 is 0 Å². The molecule has 0 saturated heterocycles. The van der Waals surface area contributed by atoms with Crippen LogP contribution in [0.3, 0.4) is 0 Å². The summed E-state index contributed by atoms with van der Waals surface area (Å²) >= 11 is 0. The summed E-state index contributed by atoms with van der Waals surface area (Å²) in [5, 5.41) is 20.3. The summed E-state index contributed by atoms with van der Waals surface area (Å²) in [6.45, 7) is 4.18. The van der Waals surface area contributed by atoms with E-state index in [9.17, 15) is 9.90 Å². The summed E-state index contributed by atoms with van der Waals surface area (Å²) in [6.07, 6.45) is 0. The van der Waals surface area contributed by atoms with Crippen LogP contribution in [0.4, 0.5) is 5.69 Å². The van der Waals surface area contributed by atoms with Gasteiger partial charge in [-0.15, -0.1) is 5.10 Å². The number of aliphatic hydroxyl groups excluding tert-OH is 1. The molecule has 2 aromatic carbocycles. The van der Waals surface area contributed by atoms with Crippen LogP contribution in [-0.4, -0.2) is 26.0 Å². The molecule has 0 unspecified atom stereocenters. The molecule has 25 heavy (non-hydrogen) atoms. The van der Waals surface area contributed by atoms with E-state index in [1.807, 2.05) is 50.2 Å². The van der Waals surface area contributed by atoms with Crippen molar-refractivity contribution < 1.29 is 9.90 Å². The zero-order valence-corrected chi connectivity index (χ0v) is 14.2. The smallest absolute Gasteiger partial charge is 0.278 e. The fraction of sp³-hybridized carbons (Fsp3) is 0.211. The van der Waals surface area contributed by atoms with Gasteiger partial charge in [-0.2, -0.15) is 0 Å². The van der Waals surface area contributed by atoms with Gasteiger partial charge in [0.2, 0.25) is 0 Å². The van der Waals surface area contributed by atoms with Gasteiger partial charge >= 0.3 is 0 Å². The first-order chi connectivity index (χ1) is 12.1. The summed E-state index contributed by atoms with van der Waals surface area (Å²) in [4.78, 5) is 12.6. The molecular formula is C19H20N4O2. The molecule has 0 radical (unpaired) electrons. The maximum Gasteiger partial charge on any atom is 0.278 e. The number of carbonyl (C=O) groups excluding carboxylic acids is 1. The Balaban J connectivity index is 1.80. The molecule has 0 aliphatic carbocycles. The van der Waals surface area contributed by atoms with Gasteiger partial charge in [-0.05, 0) is 36.6 Å². The minimum absolute atomic E-state index is 0.0676. The lowest BCUT2D eigenvalue weighted by Crippen LogP contribution is -2.15. The molecule has 3 aromatic rings. The molecule has 0 bridgehead atoms. The predicted octanol–water partition coefficient (Wildman–Crippen LogP) is 2.69. The first-order valence-corrected chi connectivity index (χ1v) is 8.05. The van der Waals surface area contributed by atoms with Crippen LogP contribution in [0.15, 0.2) is 48.5 Å². The van der Waals surface area contributed by atoms with E-state index in [0.29, 0.717) is 23.6 Å². The van der Waals surface area contributed by atoms with Crippen molar-refractivity contribution in [2.45, 2.75) is 27.0 Å². The lowest BCUT2D eigenvalue weighted by atomic mass is 10.1. The highest BCUT2D eigenvalue weighted by molar-refractivity contribution is 6.04. The maximum absolute atomic E-state index is 12.6. The van der Waals surface area contributed by atoms with E-state index in [2.05, 4.69) is 15.6 Å². The molecule has 0 atom stereocenters. The van der Waals surface area contributed by atoms with Gasteiger partial charge in [0.1, 0.15) is 0 Å². The van der Waals surface area contributed by atoms with Gasteiger partial charge in [0.25, 0.3) is 5.91 Å². The molecule has 6 nitrogen and oxygen atoms in total. The Morgan fingerprint density at radius 3 is 2.60 bits per heavy atom. The summed E-state index contributed by atoms with van der Waals surface area (Å²) < 4.78 is 1.71. The van der Waals surface area contributed by atoms with E-state index in [0.717, 1.165) is 16.7 Å². The minimum Gasteiger partial charge on any atom is -0.392 e. The van der Waals surface area contributed by atoms with Crippen LogP contribution < -0.4 is 5.32 Å². The Hall–Kier alpha value is -2.99. The standard InChI is InChI=1S/C19H20N4O2/c1-13-16(12-24)9-6-10-17(13)20-19(25)18-14(2)23(22-21-18)11-15-7-4-3-5-8-15/h3-10,24H,11-12H2,1-2H3,(H,20,25). The molecule has 2 N–H and O–H groups in total. The molecule has 0 saturated carbocycles. The molecule has 1 amide bonds. The molecule has 1 aromatic heterocycles. The van der Waals surface area contributed by atoms with Crippen LogP contribution in [0.1, 0.15) is 32.9 Å². The van der Waals surface area contributed by atoms with Crippen molar-refractivity contribution in [3.05, 3.63) is 76.6 Å². The largest absolute Gasteiger partial charge is 0.392 e. The van der Waals surface area contributed by atoms with Crippen molar-refractivity contribution in [2.75, 3.05) is 5.32 Å². The average molecular weight is 336 g/mol. The van der Waals surface area contributed by atoms with E-state index in [4.69, 9.17) is 0 Å². The number of amides is 1. The second-order valence-corrected chi connectivity index (χ2v) is 5.87. The predicted molar refractivity (Wildman–Crippen MR) is 95.4 cm³/mol. The fourth-order valence-electron chi connectivity index (χ4n) is 2.65. The molecule has 0 spiro atoms. The highest BCUT2D eigenvalue weighted by Gasteiger charge is 2.17. The number of hydrogen-bond acceptors (Lipinski definition) is 4. The second kappa shape index (κ2) is 7.27. The minimum atomic E-state index is -0.310. The normalized spacial score (nSPS) is 10.7. The van der Waals surface area contributed by atoms with Gasteiger partial charge in [0.05, 0.1) is 18.8 Å². The molecule has 6 heteroatoms. The fourth-order valence-corrected chi connectivity index (χ4v) is 2.65. The quantitative estimate of drug-likeness (QED) is 0.751. The topological polar surface area (TPSA) is 80.0 Å². The average Bonchev–Trinajstić information content (AvgIpc) is 2.98. The Bertz CT molecular complexity index is 888. The van der Waals surface area contributed by atoms with Crippen LogP contribution in [0.5, 0.6) is 0 Å². The summed E-state index contributed by atoms with van der Waals surface area (Å²) in [5.74, 6) is -0.310. The zero-order valence-electron chi connectivity index (χ0n) is 14.2. The van der Waals surface area contributed by atoms with Crippen molar-refractivity contribution in [1.82, 2.24) is 15.0 Å². The molecule has 0 aliphatic heterocycles. The summed E-state index contributed by atoms with van der Waals surface area (Å²) in [6, 6.07) is 15.3. The van der Waals surface area contributed by atoms with Gasteiger partial charge in [-0.25, -0.2) is 4.68 Å². The molecule has 0 fully saturated rings. The number of anilines is 1. The number of hydrogen-bond donors (Lipinski definition) is 2. The third-order valence-electron chi connectivity index (χ3n) is 4.24. The third kappa shape index (κ3) is 3.59. The van der Waals surface area contributed by atoms with Crippen molar-refractivity contribution in [3.8, 4) is 0 Å². The lowest BCUT2D eigenvalue weighted by Gasteiger charge is -2.10. The highest BCUT2D eigenvalue weighted by atomic mass is 16.3. The van der Waals surface area contributed by atoms with Gasteiger partial charge < -0.3 is 10.4 Å². The zero-order chi connectivity index (χ0) is 17.8. The number of nitrogens with one attached hydrogen (secondary N) is 1. The Kier molecular flexibility index (Phi) is 4.90. The Morgan fingerprint density at radius 1 is 1.12 bits per heavy atom. The van der Waals surface area contributed by atoms with E-state index in [1.54, 1.807) is 16.8 Å². The summed E-state index contributed by atoms with van der Waals surface area (Å²) in [5.41, 5.74) is 4.37. The maximum atomic E-state index is 12.6. The van der Waals surface area contributed by atoms with Crippen molar-refractivity contribution in [3.63, 3.8) is 0 Å². The van der Waals surface area contributed by atoms with Gasteiger partial charge in [-0.1, -0.05) is 47.7 Å². The van der Waals surface area contributed by atoms with Gasteiger partial charge in [0, 0.05) is 5.69 Å². The third-order valence-corrected chi connectivity index (χ3v) is 4.24. The number of aromatic nitrogens is 3. The molecule has 1 heterocycles. The molecule has 0 aliphatic rings. The van der Waals surface area contributed by atoms with Crippen LogP contribution in [0.2, 0.25) is 0 Å². The van der Waals surface area contributed by atoms with Crippen LogP contribution in [0.25, 0.3) is 0 Å². The highest BCUT2D eigenvalue weighted by Crippen LogP contribution is 2.20. The molecular weight excluding hydrogens is 316 g/mol. The Morgan fingerprint density at radius 2 is 1.88 bits per heavy atom. The monoisotopic (exact) mass is 336 g/mol. The second-order valence-electron chi connectivity index (χ2n) is 5.87. The van der Waals surface area contributed by atoms with Crippen molar-refractivity contribution in [2.24, 2.45) is 0 Å². The SMILES string of the molecule is Cc1c(CO)cccc1NC(=O)c1nnn(Cc2ccccc2)c1C. The molecule has 128 valence electrons. The number of carbonyl (C=O) groups is 1. The van der Waals surface area contributed by atoms with Gasteiger partial charge in [-0.3, -0.25) is 4.79 Å². The van der Waals surface area contributed by atoms with Crippen molar-refractivity contribution in [1.29, 1.82) is 0 Å². The van der Waals surface area contributed by atoms with Crippen LogP contribution >= 0.6 is 0 Å². The van der Waals surface area contributed by atoms with E-state index in [-0.39, 0.29) is 12.5 Å². The Labute approximate surface area is 146 Å².